The zero-order valence-electron chi connectivity index (χ0n) is 8.33. The fourth-order valence-electron chi connectivity index (χ4n) is 2.00. The van der Waals surface area contributed by atoms with Gasteiger partial charge in [0.1, 0.15) is 0 Å². The first-order chi connectivity index (χ1) is 7.38. The summed E-state index contributed by atoms with van der Waals surface area (Å²) in [4.78, 5) is 3.40. The minimum Gasteiger partial charge on any atom is -0.354 e. The minimum atomic E-state index is 1.15. The average molecular weight is 193 g/mol. The van der Waals surface area contributed by atoms with E-state index in [0.29, 0.717) is 0 Å². The summed E-state index contributed by atoms with van der Waals surface area (Å²) in [7, 11) is 0. The zero-order valence-corrected chi connectivity index (χ0v) is 8.33. The van der Waals surface area contributed by atoms with Crippen LogP contribution < -0.4 is 0 Å². The lowest BCUT2D eigenvalue weighted by Crippen LogP contribution is -1.71. The lowest BCUT2D eigenvalue weighted by molar-refractivity contribution is 1.54. The normalized spacial score (nSPS) is 10.9. The van der Waals surface area contributed by atoms with Gasteiger partial charge in [-0.2, -0.15) is 0 Å². The number of H-pyrrole nitrogens is 1. The number of rotatable bonds is 1. The van der Waals surface area contributed by atoms with E-state index in [1.165, 1.54) is 21.8 Å². The maximum absolute atomic E-state index is 3.78. The van der Waals surface area contributed by atoms with E-state index < -0.39 is 0 Å². The molecule has 0 aliphatic heterocycles. The summed E-state index contributed by atoms with van der Waals surface area (Å²) in [6.45, 7) is 3.78. The van der Waals surface area contributed by atoms with Gasteiger partial charge in [0.2, 0.25) is 0 Å². The van der Waals surface area contributed by atoms with Gasteiger partial charge in [-0.25, -0.2) is 0 Å². The van der Waals surface area contributed by atoms with Crippen molar-refractivity contribution in [2.24, 2.45) is 0 Å². The van der Waals surface area contributed by atoms with Crippen LogP contribution in [0.25, 0.3) is 27.9 Å². The van der Waals surface area contributed by atoms with Gasteiger partial charge in [-0.15, -0.1) is 0 Å². The predicted molar refractivity (Wildman–Crippen MR) is 65.9 cm³/mol. The minimum absolute atomic E-state index is 1.15. The highest BCUT2D eigenvalue weighted by atomic mass is 14.7. The van der Waals surface area contributed by atoms with Gasteiger partial charge >= 0.3 is 0 Å². The molecule has 0 aliphatic rings. The van der Waals surface area contributed by atoms with Crippen molar-refractivity contribution in [2.45, 2.75) is 0 Å². The van der Waals surface area contributed by atoms with Crippen molar-refractivity contribution in [3.63, 3.8) is 0 Å². The Bertz CT molecular complexity index is 647. The van der Waals surface area contributed by atoms with E-state index in [2.05, 4.69) is 48.0 Å². The maximum Gasteiger partial charge on any atom is 0.0470 e. The van der Waals surface area contributed by atoms with Crippen molar-refractivity contribution in [1.82, 2.24) is 4.98 Å². The van der Waals surface area contributed by atoms with E-state index in [-0.39, 0.29) is 0 Å². The third-order valence-corrected chi connectivity index (χ3v) is 2.77. The lowest BCUT2D eigenvalue weighted by atomic mass is 10.1. The molecule has 0 spiro atoms. The molecule has 1 nitrogen and oxygen atoms in total. The molecule has 0 saturated heterocycles. The highest BCUT2D eigenvalue weighted by Gasteiger charge is 2.02. The molecule has 0 atom stereocenters. The van der Waals surface area contributed by atoms with Crippen molar-refractivity contribution in [3.8, 4) is 0 Å². The Morgan fingerprint density at radius 3 is 2.60 bits per heavy atom. The number of nitrogens with one attached hydrogen (secondary N) is 1. The van der Waals surface area contributed by atoms with Crippen LogP contribution in [-0.2, 0) is 0 Å². The summed E-state index contributed by atoms with van der Waals surface area (Å²) in [5.74, 6) is 0. The third-order valence-electron chi connectivity index (χ3n) is 2.77. The second kappa shape index (κ2) is 2.99. The number of fused-ring (bicyclic) bond motifs is 3. The molecule has 0 radical (unpaired) electrons. The number of hydrogen-bond acceptors (Lipinski definition) is 0. The molecular weight excluding hydrogens is 182 g/mol. The Labute approximate surface area is 88.0 Å². The van der Waals surface area contributed by atoms with Crippen molar-refractivity contribution in [1.29, 1.82) is 0 Å². The predicted octanol–water partition coefficient (Wildman–Crippen LogP) is 3.96. The van der Waals surface area contributed by atoms with E-state index in [0.717, 1.165) is 5.56 Å². The standard InChI is InChI=1S/C14H11N/c1-2-10-7-8-12-11-5-3-4-6-13(11)15-14(12)9-10/h2-9,15H,1H2. The molecule has 1 heterocycles. The molecule has 0 bridgehead atoms. The Kier molecular flexibility index (Phi) is 1.65. The molecule has 72 valence electrons. The molecular formula is C14H11N. The largest absolute Gasteiger partial charge is 0.354 e. The average Bonchev–Trinajstić information content (AvgIpc) is 2.66. The first-order valence-electron chi connectivity index (χ1n) is 5.01. The van der Waals surface area contributed by atoms with Gasteiger partial charge in [-0.3, -0.25) is 0 Å². The number of aromatic amines is 1. The molecule has 0 amide bonds. The number of benzene rings is 2. The van der Waals surface area contributed by atoms with Crippen molar-refractivity contribution < 1.29 is 0 Å². The molecule has 1 N–H and O–H groups in total. The summed E-state index contributed by atoms with van der Waals surface area (Å²) in [6, 6.07) is 14.7. The third kappa shape index (κ3) is 1.17. The van der Waals surface area contributed by atoms with E-state index >= 15 is 0 Å². The quantitative estimate of drug-likeness (QED) is 0.602. The smallest absolute Gasteiger partial charge is 0.0470 e. The second-order valence-electron chi connectivity index (χ2n) is 3.68. The highest BCUT2D eigenvalue weighted by Crippen LogP contribution is 2.25. The van der Waals surface area contributed by atoms with Gasteiger partial charge in [0.15, 0.2) is 0 Å². The molecule has 15 heavy (non-hydrogen) atoms. The van der Waals surface area contributed by atoms with Crippen LogP contribution in [0.4, 0.5) is 0 Å². The summed E-state index contributed by atoms with van der Waals surface area (Å²) in [5, 5.41) is 2.55. The summed E-state index contributed by atoms with van der Waals surface area (Å²) in [6.07, 6.45) is 1.87. The molecule has 0 unspecified atom stereocenters. The number of hydrogen-bond donors (Lipinski definition) is 1. The monoisotopic (exact) mass is 193 g/mol. The van der Waals surface area contributed by atoms with E-state index in [1.54, 1.807) is 0 Å². The van der Waals surface area contributed by atoms with Gasteiger partial charge in [-0.1, -0.05) is 43.0 Å². The van der Waals surface area contributed by atoms with Crippen LogP contribution in [0, 0.1) is 0 Å². The Morgan fingerprint density at radius 2 is 1.73 bits per heavy atom. The van der Waals surface area contributed by atoms with Crippen molar-refractivity contribution in [3.05, 3.63) is 54.6 Å². The van der Waals surface area contributed by atoms with Crippen LogP contribution in [0.1, 0.15) is 5.56 Å². The fourth-order valence-corrected chi connectivity index (χ4v) is 2.00. The molecule has 0 fully saturated rings. The fraction of sp³-hybridized carbons (Fsp3) is 0. The van der Waals surface area contributed by atoms with Crippen molar-refractivity contribution in [2.75, 3.05) is 0 Å². The lowest BCUT2D eigenvalue weighted by Gasteiger charge is -1.93. The number of aromatic nitrogens is 1. The topological polar surface area (TPSA) is 15.8 Å². The second-order valence-corrected chi connectivity index (χ2v) is 3.68. The van der Waals surface area contributed by atoms with Crippen molar-refractivity contribution >= 4 is 27.9 Å². The highest BCUT2D eigenvalue weighted by molar-refractivity contribution is 6.07. The van der Waals surface area contributed by atoms with Gasteiger partial charge in [0.25, 0.3) is 0 Å². The van der Waals surface area contributed by atoms with E-state index in [4.69, 9.17) is 0 Å². The zero-order chi connectivity index (χ0) is 10.3. The van der Waals surface area contributed by atoms with Gasteiger partial charge < -0.3 is 4.98 Å². The van der Waals surface area contributed by atoms with Crippen LogP contribution in [0.3, 0.4) is 0 Å². The molecule has 2 aromatic carbocycles. The van der Waals surface area contributed by atoms with Crippen LogP contribution in [0.2, 0.25) is 0 Å². The molecule has 0 aliphatic carbocycles. The van der Waals surface area contributed by atoms with E-state index in [1.807, 2.05) is 12.1 Å². The first-order valence-corrected chi connectivity index (χ1v) is 5.01. The molecule has 1 aromatic heterocycles. The Morgan fingerprint density at radius 1 is 0.933 bits per heavy atom. The Hall–Kier alpha value is -2.02. The van der Waals surface area contributed by atoms with Gasteiger partial charge in [-0.05, 0) is 17.7 Å². The SMILES string of the molecule is C=Cc1ccc2c(c1)[nH]c1ccccc12. The molecule has 0 saturated carbocycles. The summed E-state index contributed by atoms with van der Waals surface area (Å²) >= 11 is 0. The van der Waals surface area contributed by atoms with Crippen LogP contribution >= 0.6 is 0 Å². The maximum atomic E-state index is 3.78. The van der Waals surface area contributed by atoms with Gasteiger partial charge in [0.05, 0.1) is 0 Å². The van der Waals surface area contributed by atoms with E-state index in [9.17, 15) is 0 Å². The molecule has 3 rings (SSSR count). The van der Waals surface area contributed by atoms with Gasteiger partial charge in [0, 0.05) is 21.8 Å². The summed E-state index contributed by atoms with van der Waals surface area (Å²) in [5.41, 5.74) is 3.51. The van der Waals surface area contributed by atoms with Crippen LogP contribution in [0.5, 0.6) is 0 Å². The van der Waals surface area contributed by atoms with Crippen LogP contribution in [-0.4, -0.2) is 4.98 Å². The summed E-state index contributed by atoms with van der Waals surface area (Å²) < 4.78 is 0. The van der Waals surface area contributed by atoms with Crippen LogP contribution in [0.15, 0.2) is 49.0 Å². The Balaban J connectivity index is 2.48. The number of para-hydroxylation sites is 1. The molecule has 3 aromatic rings. The molecule has 1 heteroatoms. The first kappa shape index (κ1) is 8.30.